The first kappa shape index (κ1) is 14.0. The summed E-state index contributed by atoms with van der Waals surface area (Å²) in [6, 6.07) is 7.85. The van der Waals surface area contributed by atoms with Gasteiger partial charge in [-0.3, -0.25) is 4.68 Å². The molecule has 4 nitrogen and oxygen atoms in total. The van der Waals surface area contributed by atoms with Crippen molar-refractivity contribution in [3.05, 3.63) is 47.0 Å². The minimum atomic E-state index is 0.247. The molecule has 19 heavy (non-hydrogen) atoms. The molecule has 1 unspecified atom stereocenters. The summed E-state index contributed by atoms with van der Waals surface area (Å²) in [5.74, 6) is 1.24. The molecule has 0 saturated heterocycles. The Bertz CT molecular complexity index is 506. The monoisotopic (exact) mass is 278 g/mol. The van der Waals surface area contributed by atoms with E-state index in [4.69, 9.17) is 17.3 Å². The molecule has 2 rings (SSSR count). The molecule has 102 valence electrons. The van der Waals surface area contributed by atoms with Crippen LogP contribution in [0, 0.1) is 0 Å². The van der Waals surface area contributed by atoms with Crippen LogP contribution in [-0.4, -0.2) is 21.3 Å². The van der Waals surface area contributed by atoms with Gasteiger partial charge in [0.1, 0.15) is 12.2 Å². The van der Waals surface area contributed by atoms with E-state index in [0.29, 0.717) is 6.54 Å². The second-order valence-electron chi connectivity index (χ2n) is 4.59. The summed E-state index contributed by atoms with van der Waals surface area (Å²) in [6.45, 7) is 3.61. The number of hydrogen-bond donors (Lipinski definition) is 1. The van der Waals surface area contributed by atoms with Crippen molar-refractivity contribution in [2.24, 2.45) is 5.73 Å². The van der Waals surface area contributed by atoms with Crippen LogP contribution < -0.4 is 5.73 Å². The third kappa shape index (κ3) is 3.55. The summed E-state index contributed by atoms with van der Waals surface area (Å²) in [5.41, 5.74) is 7.09. The van der Waals surface area contributed by atoms with E-state index in [0.717, 1.165) is 30.2 Å². The topological polar surface area (TPSA) is 56.7 Å². The number of nitrogens with zero attached hydrogens (tertiary/aromatic N) is 3. The number of halogens is 1. The Labute approximate surface area is 118 Å². The minimum Gasteiger partial charge on any atom is -0.330 e. The summed E-state index contributed by atoms with van der Waals surface area (Å²) in [7, 11) is 0. The zero-order chi connectivity index (χ0) is 13.7. The maximum atomic E-state index is 5.91. The average Bonchev–Trinajstić information content (AvgIpc) is 2.85. The second kappa shape index (κ2) is 6.68. The SMILES string of the molecule is CCCn1ncnc1CC(CN)c1ccc(Cl)cc1. The molecule has 0 radical (unpaired) electrons. The molecular weight excluding hydrogens is 260 g/mol. The van der Waals surface area contributed by atoms with Gasteiger partial charge in [-0.15, -0.1) is 0 Å². The van der Waals surface area contributed by atoms with Gasteiger partial charge in [-0.1, -0.05) is 30.7 Å². The van der Waals surface area contributed by atoms with Crippen LogP contribution in [0.25, 0.3) is 0 Å². The van der Waals surface area contributed by atoms with E-state index in [-0.39, 0.29) is 5.92 Å². The van der Waals surface area contributed by atoms with E-state index in [2.05, 4.69) is 17.0 Å². The lowest BCUT2D eigenvalue weighted by Crippen LogP contribution is -2.18. The fraction of sp³-hybridized carbons (Fsp3) is 0.429. The first-order valence-electron chi connectivity index (χ1n) is 6.56. The molecular formula is C14H19ClN4. The Morgan fingerprint density at radius 2 is 2.05 bits per heavy atom. The normalized spacial score (nSPS) is 12.6. The lowest BCUT2D eigenvalue weighted by molar-refractivity contribution is 0.545. The highest BCUT2D eigenvalue weighted by Gasteiger charge is 2.14. The van der Waals surface area contributed by atoms with Crippen LogP contribution in [0.5, 0.6) is 0 Å². The molecule has 1 heterocycles. The highest BCUT2D eigenvalue weighted by atomic mass is 35.5. The van der Waals surface area contributed by atoms with E-state index in [9.17, 15) is 0 Å². The third-order valence-corrected chi connectivity index (χ3v) is 3.44. The van der Waals surface area contributed by atoms with Crippen LogP contribution in [0.2, 0.25) is 5.02 Å². The predicted molar refractivity (Wildman–Crippen MR) is 77.3 cm³/mol. The van der Waals surface area contributed by atoms with E-state index in [1.807, 2.05) is 28.9 Å². The molecule has 0 aliphatic carbocycles. The van der Waals surface area contributed by atoms with E-state index in [1.165, 1.54) is 5.56 Å². The van der Waals surface area contributed by atoms with Gasteiger partial charge in [0.15, 0.2) is 0 Å². The molecule has 0 spiro atoms. The summed E-state index contributed by atoms with van der Waals surface area (Å²) in [4.78, 5) is 4.34. The van der Waals surface area contributed by atoms with Crippen LogP contribution in [-0.2, 0) is 13.0 Å². The highest BCUT2D eigenvalue weighted by molar-refractivity contribution is 6.30. The predicted octanol–water partition coefficient (Wildman–Crippen LogP) is 2.63. The zero-order valence-electron chi connectivity index (χ0n) is 11.1. The highest BCUT2D eigenvalue weighted by Crippen LogP contribution is 2.21. The van der Waals surface area contributed by atoms with Crippen LogP contribution in [0.3, 0.4) is 0 Å². The smallest absolute Gasteiger partial charge is 0.138 e. The molecule has 0 bridgehead atoms. The van der Waals surface area contributed by atoms with Gasteiger partial charge < -0.3 is 5.73 Å². The number of aromatic nitrogens is 3. The van der Waals surface area contributed by atoms with Gasteiger partial charge >= 0.3 is 0 Å². The quantitative estimate of drug-likeness (QED) is 0.884. The van der Waals surface area contributed by atoms with Crippen LogP contribution in [0.15, 0.2) is 30.6 Å². The molecule has 0 amide bonds. The molecule has 0 aliphatic rings. The minimum absolute atomic E-state index is 0.247. The van der Waals surface area contributed by atoms with E-state index in [1.54, 1.807) is 6.33 Å². The largest absolute Gasteiger partial charge is 0.330 e. The Hall–Kier alpha value is -1.39. The molecule has 5 heteroatoms. The molecule has 2 N–H and O–H groups in total. The maximum Gasteiger partial charge on any atom is 0.138 e. The summed E-state index contributed by atoms with van der Waals surface area (Å²) < 4.78 is 1.96. The Morgan fingerprint density at radius 1 is 1.32 bits per heavy atom. The lowest BCUT2D eigenvalue weighted by Gasteiger charge is -2.15. The van der Waals surface area contributed by atoms with Gasteiger partial charge in [-0.25, -0.2) is 4.98 Å². The van der Waals surface area contributed by atoms with Crippen molar-refractivity contribution in [2.75, 3.05) is 6.54 Å². The van der Waals surface area contributed by atoms with Gasteiger partial charge in [0.25, 0.3) is 0 Å². The van der Waals surface area contributed by atoms with Crippen LogP contribution in [0.4, 0.5) is 0 Å². The summed E-state index contributed by atoms with van der Waals surface area (Å²) in [6.07, 6.45) is 3.46. The zero-order valence-corrected chi connectivity index (χ0v) is 11.8. The lowest BCUT2D eigenvalue weighted by atomic mass is 9.95. The van der Waals surface area contributed by atoms with Gasteiger partial charge in [0.05, 0.1) is 0 Å². The van der Waals surface area contributed by atoms with Gasteiger partial charge in [-0.05, 0) is 30.7 Å². The number of aryl methyl sites for hydroxylation is 1. The number of rotatable bonds is 6. The Balaban J connectivity index is 2.14. The molecule has 0 saturated carbocycles. The van der Waals surface area contributed by atoms with E-state index >= 15 is 0 Å². The molecule has 0 fully saturated rings. The van der Waals surface area contributed by atoms with Gasteiger partial charge in [-0.2, -0.15) is 5.10 Å². The summed E-state index contributed by atoms with van der Waals surface area (Å²) in [5, 5.41) is 4.99. The molecule has 2 aromatic rings. The summed E-state index contributed by atoms with van der Waals surface area (Å²) >= 11 is 5.91. The molecule has 0 aliphatic heterocycles. The Kier molecular flexibility index (Phi) is 4.93. The number of benzene rings is 1. The number of nitrogens with two attached hydrogens (primary N) is 1. The van der Waals surface area contributed by atoms with Crippen molar-refractivity contribution < 1.29 is 0 Å². The maximum absolute atomic E-state index is 5.91. The second-order valence-corrected chi connectivity index (χ2v) is 5.02. The van der Waals surface area contributed by atoms with Crippen molar-refractivity contribution in [1.29, 1.82) is 0 Å². The number of hydrogen-bond acceptors (Lipinski definition) is 3. The molecule has 1 aromatic heterocycles. The van der Waals surface area contributed by atoms with Gasteiger partial charge in [0.2, 0.25) is 0 Å². The van der Waals surface area contributed by atoms with Crippen molar-refractivity contribution >= 4 is 11.6 Å². The molecule has 1 aromatic carbocycles. The fourth-order valence-electron chi connectivity index (χ4n) is 2.14. The van der Waals surface area contributed by atoms with Crippen molar-refractivity contribution in [3.63, 3.8) is 0 Å². The first-order chi connectivity index (χ1) is 9.24. The van der Waals surface area contributed by atoms with Crippen molar-refractivity contribution in [2.45, 2.75) is 32.2 Å². The fourth-order valence-corrected chi connectivity index (χ4v) is 2.26. The third-order valence-electron chi connectivity index (χ3n) is 3.19. The molecule has 1 atom stereocenters. The van der Waals surface area contributed by atoms with Crippen LogP contribution >= 0.6 is 11.6 Å². The Morgan fingerprint density at radius 3 is 2.68 bits per heavy atom. The van der Waals surface area contributed by atoms with Crippen molar-refractivity contribution in [3.8, 4) is 0 Å². The van der Waals surface area contributed by atoms with Crippen molar-refractivity contribution in [1.82, 2.24) is 14.8 Å². The average molecular weight is 279 g/mol. The van der Waals surface area contributed by atoms with Crippen LogP contribution in [0.1, 0.15) is 30.7 Å². The van der Waals surface area contributed by atoms with Gasteiger partial charge in [0, 0.05) is 23.9 Å². The van der Waals surface area contributed by atoms with E-state index < -0.39 is 0 Å². The first-order valence-corrected chi connectivity index (χ1v) is 6.94. The standard InChI is InChI=1S/C14H19ClN4/c1-2-7-19-14(17-10-18-19)8-12(9-16)11-3-5-13(15)6-4-11/h3-6,10,12H,2,7-9,16H2,1H3.